The third-order valence-electron chi connectivity index (χ3n) is 9.68. The second-order valence-corrected chi connectivity index (χ2v) is 13.8. The average Bonchev–Trinajstić information content (AvgIpc) is 3.49. The molecule has 46 heavy (non-hydrogen) atoms. The zero-order valence-corrected chi connectivity index (χ0v) is 27.6. The van der Waals surface area contributed by atoms with Gasteiger partial charge < -0.3 is 15.0 Å². The van der Waals surface area contributed by atoms with Gasteiger partial charge in [0.2, 0.25) is 11.8 Å². The second kappa shape index (κ2) is 12.5. The molecular weight excluding hydrogens is 591 g/mol. The number of halogens is 1. The largest absolute Gasteiger partial charge is 0.379 e. The predicted octanol–water partition coefficient (Wildman–Crippen LogP) is 1.35. The van der Waals surface area contributed by atoms with Crippen molar-refractivity contribution in [2.24, 2.45) is 0 Å². The monoisotopic (exact) mass is 636 g/mol. The van der Waals surface area contributed by atoms with E-state index < -0.39 is 11.1 Å². The smallest absolute Gasteiger partial charge is 0.370 e. The molecule has 6 rings (SSSR count). The van der Waals surface area contributed by atoms with E-state index in [-0.39, 0.29) is 36.3 Å². The molecule has 5 heterocycles. The highest BCUT2D eigenvalue weighted by molar-refractivity contribution is 5.98. The minimum Gasteiger partial charge on any atom is -0.379 e. The maximum Gasteiger partial charge on any atom is 0.370 e. The summed E-state index contributed by atoms with van der Waals surface area (Å²) < 4.78 is 20.9. The van der Waals surface area contributed by atoms with E-state index in [0.29, 0.717) is 54.8 Å². The summed E-state index contributed by atoms with van der Waals surface area (Å²) in [5.41, 5.74) is 2.21. The highest BCUT2D eigenvalue weighted by atomic mass is 19.1. The number of fused-ring (bicyclic) bond motifs is 3. The van der Waals surface area contributed by atoms with E-state index in [9.17, 15) is 18.8 Å². The van der Waals surface area contributed by atoms with E-state index in [1.807, 2.05) is 24.8 Å². The summed E-state index contributed by atoms with van der Waals surface area (Å²) in [7, 11) is 1.50. The molecule has 3 atom stereocenters. The number of piperazine rings is 1. The van der Waals surface area contributed by atoms with Gasteiger partial charge in [-0.25, -0.2) is 18.6 Å². The minimum atomic E-state index is -0.580. The molecule has 0 aliphatic carbocycles. The van der Waals surface area contributed by atoms with Gasteiger partial charge in [-0.1, -0.05) is 26.0 Å². The molecule has 2 saturated heterocycles. The van der Waals surface area contributed by atoms with E-state index in [1.54, 1.807) is 16.5 Å². The van der Waals surface area contributed by atoms with Gasteiger partial charge in [-0.15, -0.1) is 9.89 Å². The maximum absolute atomic E-state index is 14.3. The van der Waals surface area contributed by atoms with Crippen molar-refractivity contribution in [1.29, 1.82) is 0 Å². The lowest BCUT2D eigenvalue weighted by Gasteiger charge is -2.43. The van der Waals surface area contributed by atoms with Crippen molar-refractivity contribution in [2.75, 3.05) is 69.4 Å². The van der Waals surface area contributed by atoms with Crippen molar-refractivity contribution in [3.63, 3.8) is 0 Å². The van der Waals surface area contributed by atoms with Crippen LogP contribution in [0.25, 0.3) is 5.65 Å². The van der Waals surface area contributed by atoms with Gasteiger partial charge >= 0.3 is 5.69 Å². The topological polar surface area (TPSA) is 108 Å². The number of rotatable bonds is 7. The van der Waals surface area contributed by atoms with Gasteiger partial charge in [0, 0.05) is 82.2 Å². The molecule has 0 bridgehead atoms. The van der Waals surface area contributed by atoms with Crippen LogP contribution in [0.4, 0.5) is 10.1 Å². The lowest BCUT2D eigenvalue weighted by Crippen LogP contribution is -2.62. The van der Waals surface area contributed by atoms with Crippen molar-refractivity contribution in [2.45, 2.75) is 64.6 Å². The first-order valence-electron chi connectivity index (χ1n) is 16.1. The van der Waals surface area contributed by atoms with E-state index in [1.165, 1.54) is 31.1 Å². The number of aromatic nitrogens is 3. The highest BCUT2D eigenvalue weighted by Crippen LogP contribution is 2.42. The number of nitrogens with zero attached hydrogens (tertiary/aromatic N) is 7. The van der Waals surface area contributed by atoms with Gasteiger partial charge in [-0.2, -0.15) is 0 Å². The third kappa shape index (κ3) is 6.08. The van der Waals surface area contributed by atoms with Gasteiger partial charge in [0.15, 0.2) is 5.65 Å². The average molecular weight is 637 g/mol. The summed E-state index contributed by atoms with van der Waals surface area (Å²) in [6.07, 6.45) is 0.356. The number of amides is 2. The first-order valence-corrected chi connectivity index (χ1v) is 16.1. The van der Waals surface area contributed by atoms with Crippen LogP contribution in [0.1, 0.15) is 51.4 Å². The zero-order valence-electron chi connectivity index (χ0n) is 27.6. The Morgan fingerprint density at radius 3 is 2.61 bits per heavy atom. The summed E-state index contributed by atoms with van der Waals surface area (Å²) in [6.45, 7) is 15.1. The molecule has 12 nitrogen and oxygen atoms in total. The van der Waals surface area contributed by atoms with Crippen LogP contribution in [0.3, 0.4) is 0 Å². The molecular formula is C33H45FN8O4. The molecule has 0 saturated carbocycles. The van der Waals surface area contributed by atoms with Crippen LogP contribution in [0, 0.1) is 5.82 Å². The van der Waals surface area contributed by atoms with E-state index in [2.05, 4.69) is 34.1 Å². The highest BCUT2D eigenvalue weighted by Gasteiger charge is 2.43. The van der Waals surface area contributed by atoms with Crippen molar-refractivity contribution in [3.05, 3.63) is 63.5 Å². The molecule has 0 radical (unpaired) electrons. The molecule has 0 spiro atoms. The molecule has 2 fully saturated rings. The van der Waals surface area contributed by atoms with Gasteiger partial charge in [-0.3, -0.25) is 19.4 Å². The fourth-order valence-corrected chi connectivity index (χ4v) is 7.06. The quantitative estimate of drug-likeness (QED) is 0.415. The number of morpholine rings is 1. The second-order valence-electron chi connectivity index (χ2n) is 13.8. The maximum atomic E-state index is 14.3. The van der Waals surface area contributed by atoms with Crippen LogP contribution in [-0.4, -0.2) is 114 Å². The normalized spacial score (nSPS) is 23.5. The molecule has 2 amide bonds. The summed E-state index contributed by atoms with van der Waals surface area (Å²) in [5.74, 6) is -0.715. The number of hydrogen-bond acceptors (Lipinski definition) is 8. The lowest BCUT2D eigenvalue weighted by atomic mass is 9.90. The molecule has 3 aliphatic heterocycles. The van der Waals surface area contributed by atoms with E-state index in [4.69, 9.17) is 4.74 Å². The van der Waals surface area contributed by atoms with Crippen molar-refractivity contribution in [3.8, 4) is 0 Å². The number of ether oxygens (including phenoxy) is 1. The summed E-state index contributed by atoms with van der Waals surface area (Å²) >= 11 is 0. The van der Waals surface area contributed by atoms with Crippen molar-refractivity contribution >= 4 is 23.1 Å². The Kier molecular flexibility index (Phi) is 8.79. The van der Waals surface area contributed by atoms with Crippen LogP contribution in [-0.2, 0) is 26.2 Å². The fraction of sp³-hybridized carbons (Fsp3) is 0.576. The first kappa shape index (κ1) is 32.3. The number of nitrogens with one attached hydrogen (secondary N) is 1. The number of hydrogen-bond donors (Lipinski definition) is 1. The van der Waals surface area contributed by atoms with E-state index >= 15 is 0 Å². The SMILES string of the molecule is CC(=O)N(C)n1nc2c(Cc3ccc(F)cc3)cc3c(n2c1=O)C(C)(C)CN3C(=O)CN1C[C@@H](C)NC[C@@H]1CN1CCOC[C@H]1C. The molecule has 3 aromatic rings. The number of carbonyl (C=O) groups excluding carboxylic acids is 2. The molecule has 3 aliphatic rings. The Balaban J connectivity index is 1.38. The molecule has 1 N–H and O–H groups in total. The Labute approximate surface area is 268 Å². The summed E-state index contributed by atoms with van der Waals surface area (Å²) in [5, 5.41) is 9.37. The summed E-state index contributed by atoms with van der Waals surface area (Å²) in [4.78, 5) is 48.2. The van der Waals surface area contributed by atoms with E-state index in [0.717, 1.165) is 36.5 Å². The van der Waals surface area contributed by atoms with Gasteiger partial charge in [0.1, 0.15) is 5.82 Å². The molecule has 248 valence electrons. The number of pyridine rings is 1. The van der Waals surface area contributed by atoms with Crippen molar-refractivity contribution in [1.82, 2.24) is 29.4 Å². The molecule has 13 heteroatoms. The Morgan fingerprint density at radius 2 is 1.91 bits per heavy atom. The zero-order chi connectivity index (χ0) is 32.9. The Hall–Kier alpha value is -3.65. The number of anilines is 1. The Morgan fingerprint density at radius 1 is 1.17 bits per heavy atom. The van der Waals surface area contributed by atoms with Crippen molar-refractivity contribution < 1.29 is 18.7 Å². The van der Waals surface area contributed by atoms with Gasteiger partial charge in [-0.05, 0) is 37.6 Å². The van der Waals surface area contributed by atoms with Gasteiger partial charge in [0.05, 0.1) is 31.1 Å². The molecule has 1 aromatic carbocycles. The fourth-order valence-electron chi connectivity index (χ4n) is 7.06. The molecule has 2 aromatic heterocycles. The molecule has 0 unspecified atom stereocenters. The minimum absolute atomic E-state index is 0.0330. The van der Waals surface area contributed by atoms with Crippen LogP contribution < -0.4 is 20.9 Å². The number of benzene rings is 1. The number of carbonyl (C=O) groups is 2. The summed E-state index contributed by atoms with van der Waals surface area (Å²) in [6, 6.07) is 8.87. The lowest BCUT2D eigenvalue weighted by molar-refractivity contribution is -0.121. The Bertz CT molecular complexity index is 1690. The van der Waals surface area contributed by atoms with Crippen LogP contribution in [0.15, 0.2) is 35.1 Å². The van der Waals surface area contributed by atoms with Gasteiger partial charge in [0.25, 0.3) is 0 Å². The van der Waals surface area contributed by atoms with Crippen LogP contribution in [0.5, 0.6) is 0 Å². The van der Waals surface area contributed by atoms with Crippen LogP contribution >= 0.6 is 0 Å². The first-order chi connectivity index (χ1) is 21.8. The third-order valence-corrected chi connectivity index (χ3v) is 9.68. The predicted molar refractivity (Wildman–Crippen MR) is 174 cm³/mol. The van der Waals surface area contributed by atoms with Crippen LogP contribution in [0.2, 0.25) is 0 Å². The standard InChI is InChI=1S/C33H45FN8O4/c1-21-16-39(27(15-35-21)17-38-11-12-46-19-22(38)2)18-29(44)40-20-33(4,5)30-28(40)14-25(13-24-7-9-26(34)10-8-24)31-36-42(32(45)41(30)31)37(6)23(3)43/h7-10,14,21-22,27,35H,11-13,15-20H2,1-6H3/t21-,22-,27-/m1/s1.